The molecule has 0 aromatic heterocycles. The number of hydrogen-bond donors (Lipinski definition) is 3. The Hall–Kier alpha value is -0.300. The van der Waals surface area contributed by atoms with E-state index in [0.29, 0.717) is 18.1 Å². The summed E-state index contributed by atoms with van der Waals surface area (Å²) in [5.74, 6) is 0.642. The van der Waals surface area contributed by atoms with E-state index >= 15 is 0 Å². The second-order valence-corrected chi connectivity index (χ2v) is 5.42. The topological polar surface area (TPSA) is 92.8 Å². The Kier molecular flexibility index (Phi) is 5.72. The van der Waals surface area contributed by atoms with Gasteiger partial charge in [0.15, 0.2) is 0 Å². The van der Waals surface area contributed by atoms with Crippen LogP contribution in [0.2, 0.25) is 0 Å². The van der Waals surface area contributed by atoms with E-state index in [1.54, 1.807) is 6.92 Å². The molecule has 6 heteroatoms. The first-order valence-corrected chi connectivity index (χ1v) is 7.02. The van der Waals surface area contributed by atoms with Gasteiger partial charge in [0, 0.05) is 11.5 Å². The van der Waals surface area contributed by atoms with Crippen molar-refractivity contribution in [1.29, 1.82) is 0 Å². The first kappa shape index (κ1) is 14.8. The van der Waals surface area contributed by atoms with Gasteiger partial charge in [-0.3, -0.25) is 4.79 Å². The Morgan fingerprint density at radius 3 is 2.76 bits per heavy atom. The second-order valence-electron chi connectivity index (χ2n) is 4.39. The van der Waals surface area contributed by atoms with Gasteiger partial charge in [0.1, 0.15) is 5.54 Å². The average Bonchev–Trinajstić information content (AvgIpc) is 3.12. The highest BCUT2D eigenvalue weighted by atomic mass is 32.2. The number of aliphatic hydroxyl groups is 2. The van der Waals surface area contributed by atoms with E-state index in [1.807, 2.05) is 0 Å². The van der Waals surface area contributed by atoms with E-state index in [2.05, 4.69) is 0 Å². The highest BCUT2D eigenvalue weighted by molar-refractivity contribution is 7.99. The molecule has 100 valence electrons. The predicted molar refractivity (Wildman–Crippen MR) is 66.7 cm³/mol. The number of thioether (sulfide) groups is 1. The van der Waals surface area contributed by atoms with Crippen LogP contribution in [0.15, 0.2) is 0 Å². The summed E-state index contributed by atoms with van der Waals surface area (Å²) in [4.78, 5) is 11.8. The standard InChI is InChI=1S/C11H21NO4S/c1-2-16-10(15)11(12,8-3-4-8)7-17-6-9(14)5-13/h8-9,13-14H,2-7,12H2,1H3. The van der Waals surface area contributed by atoms with Gasteiger partial charge in [0.25, 0.3) is 0 Å². The van der Waals surface area contributed by atoms with Gasteiger partial charge in [-0.05, 0) is 25.7 Å². The van der Waals surface area contributed by atoms with Gasteiger partial charge in [0.2, 0.25) is 0 Å². The van der Waals surface area contributed by atoms with Crippen LogP contribution in [0.4, 0.5) is 0 Å². The van der Waals surface area contributed by atoms with E-state index in [4.69, 9.17) is 15.6 Å². The van der Waals surface area contributed by atoms with Crippen LogP contribution in [-0.4, -0.2) is 52.5 Å². The minimum absolute atomic E-state index is 0.195. The van der Waals surface area contributed by atoms with Crippen molar-refractivity contribution >= 4 is 17.7 Å². The second kappa shape index (κ2) is 6.58. The molecule has 1 fully saturated rings. The molecule has 0 bridgehead atoms. The van der Waals surface area contributed by atoms with Crippen molar-refractivity contribution in [2.75, 3.05) is 24.7 Å². The van der Waals surface area contributed by atoms with Crippen LogP contribution < -0.4 is 5.73 Å². The van der Waals surface area contributed by atoms with Gasteiger partial charge in [-0.15, -0.1) is 0 Å². The summed E-state index contributed by atoms with van der Waals surface area (Å²) in [6, 6.07) is 0. The third-order valence-electron chi connectivity index (χ3n) is 2.82. The lowest BCUT2D eigenvalue weighted by atomic mass is 9.97. The summed E-state index contributed by atoms with van der Waals surface area (Å²) < 4.78 is 5.00. The number of carbonyl (C=O) groups is 1. The first-order valence-electron chi connectivity index (χ1n) is 5.87. The molecule has 0 amide bonds. The Bertz CT molecular complexity index is 260. The molecule has 0 spiro atoms. The minimum Gasteiger partial charge on any atom is -0.465 e. The monoisotopic (exact) mass is 263 g/mol. The molecule has 0 aromatic rings. The van der Waals surface area contributed by atoms with Gasteiger partial charge < -0.3 is 20.7 Å². The number of hydrogen-bond acceptors (Lipinski definition) is 6. The smallest absolute Gasteiger partial charge is 0.327 e. The molecule has 4 N–H and O–H groups in total. The van der Waals surface area contributed by atoms with E-state index in [9.17, 15) is 9.90 Å². The van der Waals surface area contributed by atoms with Gasteiger partial charge in [-0.1, -0.05) is 0 Å². The largest absolute Gasteiger partial charge is 0.465 e. The SMILES string of the molecule is CCOC(=O)C(N)(CSCC(O)CO)C1CC1. The Balaban J connectivity index is 2.44. The molecule has 1 aliphatic rings. The van der Waals surface area contributed by atoms with Crippen molar-refractivity contribution in [3.8, 4) is 0 Å². The van der Waals surface area contributed by atoms with Crippen LogP contribution >= 0.6 is 11.8 Å². The Morgan fingerprint density at radius 1 is 1.65 bits per heavy atom. The quantitative estimate of drug-likeness (QED) is 0.523. The van der Waals surface area contributed by atoms with Crippen LogP contribution in [0.1, 0.15) is 19.8 Å². The highest BCUT2D eigenvalue weighted by Gasteiger charge is 2.48. The molecule has 0 aromatic carbocycles. The lowest BCUT2D eigenvalue weighted by Crippen LogP contribution is -2.53. The van der Waals surface area contributed by atoms with Gasteiger partial charge in [0.05, 0.1) is 19.3 Å². The maximum absolute atomic E-state index is 11.8. The molecule has 0 heterocycles. The van der Waals surface area contributed by atoms with Crippen LogP contribution in [-0.2, 0) is 9.53 Å². The third kappa shape index (κ3) is 4.13. The lowest BCUT2D eigenvalue weighted by Gasteiger charge is -2.26. The van der Waals surface area contributed by atoms with Crippen molar-refractivity contribution in [3.05, 3.63) is 0 Å². The fraction of sp³-hybridized carbons (Fsp3) is 0.909. The van der Waals surface area contributed by atoms with E-state index in [0.717, 1.165) is 12.8 Å². The summed E-state index contributed by atoms with van der Waals surface area (Å²) in [6.45, 7) is 1.82. The fourth-order valence-corrected chi connectivity index (χ4v) is 2.81. The summed E-state index contributed by atoms with van der Waals surface area (Å²) >= 11 is 1.38. The van der Waals surface area contributed by atoms with E-state index in [-0.39, 0.29) is 18.5 Å². The zero-order valence-corrected chi connectivity index (χ0v) is 10.9. The summed E-state index contributed by atoms with van der Waals surface area (Å²) in [6.07, 6.45) is 1.15. The lowest BCUT2D eigenvalue weighted by molar-refractivity contribution is -0.149. The summed E-state index contributed by atoms with van der Waals surface area (Å²) in [5.41, 5.74) is 5.19. The maximum atomic E-state index is 11.8. The van der Waals surface area contributed by atoms with Crippen molar-refractivity contribution in [2.45, 2.75) is 31.4 Å². The molecular weight excluding hydrogens is 242 g/mol. The highest BCUT2D eigenvalue weighted by Crippen LogP contribution is 2.40. The van der Waals surface area contributed by atoms with Crippen LogP contribution in [0, 0.1) is 5.92 Å². The van der Waals surface area contributed by atoms with E-state index in [1.165, 1.54) is 11.8 Å². The van der Waals surface area contributed by atoms with E-state index < -0.39 is 11.6 Å². The molecular formula is C11H21NO4S. The van der Waals surface area contributed by atoms with Crippen molar-refractivity contribution in [1.82, 2.24) is 0 Å². The van der Waals surface area contributed by atoms with Crippen LogP contribution in [0.25, 0.3) is 0 Å². The number of ether oxygens (including phenoxy) is 1. The Morgan fingerprint density at radius 2 is 2.29 bits per heavy atom. The predicted octanol–water partition coefficient (Wildman–Crippen LogP) is -0.257. The van der Waals surface area contributed by atoms with Gasteiger partial charge in [-0.25, -0.2) is 0 Å². The first-order chi connectivity index (χ1) is 8.04. The maximum Gasteiger partial charge on any atom is 0.327 e. The minimum atomic E-state index is -0.935. The van der Waals surface area contributed by atoms with Crippen LogP contribution in [0.5, 0.6) is 0 Å². The average molecular weight is 263 g/mol. The molecule has 1 aliphatic carbocycles. The van der Waals surface area contributed by atoms with Gasteiger partial charge in [-0.2, -0.15) is 11.8 Å². The molecule has 2 unspecified atom stereocenters. The van der Waals surface area contributed by atoms with Crippen molar-refractivity contribution in [2.24, 2.45) is 11.7 Å². The van der Waals surface area contributed by atoms with Crippen molar-refractivity contribution < 1.29 is 19.7 Å². The third-order valence-corrected chi connectivity index (χ3v) is 4.13. The molecule has 1 saturated carbocycles. The molecule has 1 rings (SSSR count). The summed E-state index contributed by atoms with van der Waals surface area (Å²) in [7, 11) is 0. The zero-order valence-electron chi connectivity index (χ0n) is 10.1. The van der Waals surface area contributed by atoms with Crippen molar-refractivity contribution in [3.63, 3.8) is 0 Å². The molecule has 2 atom stereocenters. The van der Waals surface area contributed by atoms with Crippen LogP contribution in [0.3, 0.4) is 0 Å². The number of carbonyl (C=O) groups excluding carboxylic acids is 1. The number of aliphatic hydroxyl groups excluding tert-OH is 2. The Labute approximate surface area is 106 Å². The molecule has 0 radical (unpaired) electrons. The fourth-order valence-electron chi connectivity index (χ4n) is 1.62. The number of rotatable bonds is 8. The zero-order chi connectivity index (χ0) is 12.9. The summed E-state index contributed by atoms with van der Waals surface area (Å²) in [5, 5.41) is 17.9. The molecule has 5 nitrogen and oxygen atoms in total. The normalized spacial score (nSPS) is 20.7. The number of esters is 1. The molecule has 0 saturated heterocycles. The number of nitrogens with two attached hydrogens (primary N) is 1. The molecule has 17 heavy (non-hydrogen) atoms. The van der Waals surface area contributed by atoms with Gasteiger partial charge >= 0.3 is 5.97 Å². The molecule has 0 aliphatic heterocycles.